The highest BCUT2D eigenvalue weighted by Crippen LogP contribution is 2.63. The summed E-state index contributed by atoms with van der Waals surface area (Å²) in [6, 6.07) is 14.5. The van der Waals surface area contributed by atoms with Crippen molar-refractivity contribution in [3.05, 3.63) is 64.1 Å². The van der Waals surface area contributed by atoms with Gasteiger partial charge in [0.1, 0.15) is 5.41 Å². The van der Waals surface area contributed by atoms with Crippen molar-refractivity contribution in [3.8, 4) is 6.07 Å². The molecule has 0 bridgehead atoms. The average molecular weight is 382 g/mol. The first kappa shape index (κ1) is 17.2. The summed E-state index contributed by atoms with van der Waals surface area (Å²) in [5.74, 6) is -0.633. The average Bonchev–Trinajstić information content (AvgIpc) is 3.26. The highest BCUT2D eigenvalue weighted by atomic mass is 35.5. The number of sulfone groups is 1. The first-order chi connectivity index (χ1) is 11.4. The summed E-state index contributed by atoms with van der Waals surface area (Å²) in [6.45, 7) is -0.543. The lowest BCUT2D eigenvalue weighted by molar-refractivity contribution is 0.242. The van der Waals surface area contributed by atoms with Crippen LogP contribution in [-0.2, 0) is 9.84 Å². The minimum absolute atomic E-state index is 0.0782. The van der Waals surface area contributed by atoms with E-state index in [1.54, 1.807) is 24.3 Å². The molecule has 7 heteroatoms. The number of rotatable bonds is 4. The lowest BCUT2D eigenvalue weighted by Crippen LogP contribution is -2.18. The van der Waals surface area contributed by atoms with Gasteiger partial charge in [-0.3, -0.25) is 0 Å². The summed E-state index contributed by atoms with van der Waals surface area (Å²) < 4.78 is 25.9. The van der Waals surface area contributed by atoms with Gasteiger partial charge in [0, 0.05) is 16.0 Å². The van der Waals surface area contributed by atoms with Gasteiger partial charge in [-0.2, -0.15) is 5.26 Å². The number of aliphatic hydroxyl groups is 1. The van der Waals surface area contributed by atoms with Crippen molar-refractivity contribution in [2.75, 3.05) is 6.61 Å². The molecule has 1 aliphatic rings. The summed E-state index contributed by atoms with van der Waals surface area (Å²) in [5, 5.41) is 19.1. The smallest absolute Gasteiger partial charge is 0.183 e. The van der Waals surface area contributed by atoms with E-state index in [2.05, 4.69) is 0 Å². The van der Waals surface area contributed by atoms with E-state index in [0.717, 1.165) is 0 Å². The second-order valence-corrected chi connectivity index (χ2v) is 8.70. The Balaban J connectivity index is 2.08. The molecular formula is C17H13Cl2NO3S. The molecule has 0 aromatic heterocycles. The normalized spacial score (nSPS) is 25.9. The van der Waals surface area contributed by atoms with Crippen LogP contribution in [0.15, 0.2) is 53.4 Å². The van der Waals surface area contributed by atoms with Crippen molar-refractivity contribution >= 4 is 33.0 Å². The predicted molar refractivity (Wildman–Crippen MR) is 91.8 cm³/mol. The maximum absolute atomic E-state index is 13.0. The molecule has 1 N–H and O–H groups in total. The van der Waals surface area contributed by atoms with E-state index in [4.69, 9.17) is 23.2 Å². The zero-order chi connectivity index (χ0) is 17.5. The van der Waals surface area contributed by atoms with E-state index in [-0.39, 0.29) is 4.90 Å². The molecule has 4 nitrogen and oxygen atoms in total. The van der Waals surface area contributed by atoms with Crippen LogP contribution in [0.25, 0.3) is 0 Å². The third-order valence-corrected chi connectivity index (χ3v) is 7.19. The molecule has 2 aromatic carbocycles. The Labute approximate surface area is 150 Å². The Hall–Kier alpha value is -1.58. The Kier molecular flexibility index (Phi) is 4.35. The largest absolute Gasteiger partial charge is 0.395 e. The summed E-state index contributed by atoms with van der Waals surface area (Å²) >= 11 is 11.8. The number of aliphatic hydroxyl groups excluding tert-OH is 1. The summed E-state index contributed by atoms with van der Waals surface area (Å²) in [5.41, 5.74) is -0.746. The maximum Gasteiger partial charge on any atom is 0.183 e. The van der Waals surface area contributed by atoms with Gasteiger partial charge in [0.15, 0.2) is 9.84 Å². The van der Waals surface area contributed by atoms with E-state index in [0.29, 0.717) is 15.6 Å². The van der Waals surface area contributed by atoms with Crippen LogP contribution in [0.5, 0.6) is 0 Å². The number of halogens is 2. The van der Waals surface area contributed by atoms with Crippen LogP contribution in [0.4, 0.5) is 0 Å². The van der Waals surface area contributed by atoms with E-state index in [1.807, 2.05) is 6.07 Å². The zero-order valence-corrected chi connectivity index (χ0v) is 14.7. The number of nitriles is 1. The Morgan fingerprint density at radius 3 is 2.33 bits per heavy atom. The molecule has 0 saturated heterocycles. The van der Waals surface area contributed by atoms with Crippen LogP contribution < -0.4 is 0 Å². The van der Waals surface area contributed by atoms with Gasteiger partial charge in [0.05, 0.1) is 22.8 Å². The molecule has 1 saturated carbocycles. The third kappa shape index (κ3) is 2.60. The van der Waals surface area contributed by atoms with Gasteiger partial charge in [-0.15, -0.1) is 0 Å². The Morgan fingerprint density at radius 1 is 1.12 bits per heavy atom. The van der Waals surface area contributed by atoms with Crippen LogP contribution in [0.2, 0.25) is 10.0 Å². The van der Waals surface area contributed by atoms with Crippen LogP contribution in [0.1, 0.15) is 11.5 Å². The third-order valence-electron chi connectivity index (χ3n) is 4.41. The molecule has 1 aliphatic carbocycles. The van der Waals surface area contributed by atoms with Gasteiger partial charge in [-0.05, 0) is 42.0 Å². The minimum Gasteiger partial charge on any atom is -0.395 e. The van der Waals surface area contributed by atoms with Crippen LogP contribution in [0, 0.1) is 16.7 Å². The standard InChI is InChI=1S/C17H13Cl2NO3S/c18-12-4-6-14(7-5-12)24(22,23)16-15(17(16,9-20)10-21)11-2-1-3-13(19)8-11/h1-8,15-16,21H,10H2/t15-,16+,17-/m0/s1. The van der Waals surface area contributed by atoms with Crippen molar-refractivity contribution in [3.63, 3.8) is 0 Å². The fraction of sp³-hybridized carbons (Fsp3) is 0.235. The number of nitrogens with zero attached hydrogens (tertiary/aromatic N) is 1. The van der Waals surface area contributed by atoms with Gasteiger partial charge in [-0.1, -0.05) is 35.3 Å². The highest BCUT2D eigenvalue weighted by Gasteiger charge is 2.72. The van der Waals surface area contributed by atoms with E-state index in [1.165, 1.54) is 24.3 Å². The molecule has 24 heavy (non-hydrogen) atoms. The lowest BCUT2D eigenvalue weighted by atomic mass is 10.0. The van der Waals surface area contributed by atoms with Crippen LogP contribution >= 0.6 is 23.2 Å². The molecule has 124 valence electrons. The molecule has 0 radical (unpaired) electrons. The molecule has 0 amide bonds. The van der Waals surface area contributed by atoms with E-state index in [9.17, 15) is 18.8 Å². The topological polar surface area (TPSA) is 78.2 Å². The molecule has 3 atom stereocenters. The summed E-state index contributed by atoms with van der Waals surface area (Å²) in [7, 11) is -3.81. The van der Waals surface area contributed by atoms with Crippen molar-refractivity contribution in [1.82, 2.24) is 0 Å². The molecule has 1 fully saturated rings. The van der Waals surface area contributed by atoms with Crippen LogP contribution in [0.3, 0.4) is 0 Å². The molecule has 0 heterocycles. The van der Waals surface area contributed by atoms with Gasteiger partial charge in [0.2, 0.25) is 0 Å². The molecular weight excluding hydrogens is 369 g/mol. The van der Waals surface area contributed by atoms with Gasteiger partial charge >= 0.3 is 0 Å². The van der Waals surface area contributed by atoms with Crippen molar-refractivity contribution < 1.29 is 13.5 Å². The van der Waals surface area contributed by atoms with Crippen molar-refractivity contribution in [2.24, 2.45) is 5.41 Å². The molecule has 3 rings (SSSR count). The number of hydrogen-bond acceptors (Lipinski definition) is 4. The predicted octanol–water partition coefficient (Wildman–Crippen LogP) is 3.44. The first-order valence-corrected chi connectivity index (χ1v) is 9.44. The van der Waals surface area contributed by atoms with E-state index >= 15 is 0 Å². The fourth-order valence-corrected chi connectivity index (χ4v) is 5.80. The Bertz CT molecular complexity index is 922. The van der Waals surface area contributed by atoms with E-state index < -0.39 is 33.0 Å². The summed E-state index contributed by atoms with van der Waals surface area (Å²) in [6.07, 6.45) is 0. The molecule has 0 aliphatic heterocycles. The highest BCUT2D eigenvalue weighted by molar-refractivity contribution is 7.92. The van der Waals surface area contributed by atoms with Crippen molar-refractivity contribution in [1.29, 1.82) is 5.26 Å². The first-order valence-electron chi connectivity index (χ1n) is 7.14. The minimum atomic E-state index is -3.81. The SMILES string of the molecule is N#C[C@@]1(CO)[C@H](S(=O)(=O)c2ccc(Cl)cc2)[C@@H]1c1cccc(Cl)c1. The van der Waals surface area contributed by atoms with Gasteiger partial charge in [0.25, 0.3) is 0 Å². The molecule has 0 spiro atoms. The van der Waals surface area contributed by atoms with Gasteiger partial charge in [-0.25, -0.2) is 8.42 Å². The zero-order valence-electron chi connectivity index (χ0n) is 12.4. The quantitative estimate of drug-likeness (QED) is 0.879. The second-order valence-electron chi connectivity index (χ2n) is 5.76. The summed E-state index contributed by atoms with van der Waals surface area (Å²) in [4.78, 5) is 0.0782. The monoisotopic (exact) mass is 381 g/mol. The fourth-order valence-electron chi connectivity index (χ4n) is 3.16. The van der Waals surface area contributed by atoms with Crippen molar-refractivity contribution in [2.45, 2.75) is 16.1 Å². The second kappa shape index (κ2) is 6.05. The number of hydrogen-bond donors (Lipinski definition) is 1. The van der Waals surface area contributed by atoms with Crippen LogP contribution in [-0.4, -0.2) is 25.4 Å². The molecule has 0 unspecified atom stereocenters. The maximum atomic E-state index is 13.0. The number of benzene rings is 2. The Morgan fingerprint density at radius 2 is 1.79 bits per heavy atom. The van der Waals surface area contributed by atoms with Gasteiger partial charge < -0.3 is 5.11 Å². The molecule has 2 aromatic rings. The lowest BCUT2D eigenvalue weighted by Gasteiger charge is -2.06.